The fourth-order valence-electron chi connectivity index (χ4n) is 2.83. The lowest BCUT2D eigenvalue weighted by Gasteiger charge is -2.16. The number of thioether (sulfide) groups is 1. The normalized spacial score (nSPS) is 14.0. The molecule has 0 saturated carbocycles. The summed E-state index contributed by atoms with van der Waals surface area (Å²) >= 11 is 7.75. The minimum Gasteiger partial charge on any atom is -0.437 e. The summed E-state index contributed by atoms with van der Waals surface area (Å²) < 4.78 is 10.8. The highest BCUT2D eigenvalue weighted by atomic mass is 35.5. The number of hydrogen-bond acceptors (Lipinski definition) is 7. The number of carbonyl (C=O) groups excluding carboxylic acids is 1. The van der Waals surface area contributed by atoms with E-state index in [9.17, 15) is 4.79 Å². The van der Waals surface area contributed by atoms with Crippen LogP contribution in [0.5, 0.6) is 5.88 Å². The Labute approximate surface area is 161 Å². The van der Waals surface area contributed by atoms with Gasteiger partial charge >= 0.3 is 5.97 Å². The van der Waals surface area contributed by atoms with Crippen molar-refractivity contribution >= 4 is 29.3 Å². The quantitative estimate of drug-likeness (QED) is 0.319. The smallest absolute Gasteiger partial charge is 0.305 e. The van der Waals surface area contributed by atoms with Crippen LogP contribution in [0.2, 0.25) is 5.02 Å². The number of halogens is 1. The highest BCUT2D eigenvalue weighted by Gasteiger charge is 2.23. The van der Waals surface area contributed by atoms with Crippen LogP contribution in [-0.2, 0) is 28.1 Å². The first-order valence-corrected chi connectivity index (χ1v) is 9.76. The number of fused-ring (bicyclic) bond motifs is 1. The average Bonchev–Trinajstić information content (AvgIpc) is 3.02. The second-order valence-corrected chi connectivity index (χ2v) is 7.44. The maximum absolute atomic E-state index is 11.1. The molecule has 8 heteroatoms. The third-order valence-electron chi connectivity index (χ3n) is 4.05. The highest BCUT2D eigenvalue weighted by Crippen LogP contribution is 2.33. The molecular weight excluding hydrogens is 374 g/mol. The van der Waals surface area contributed by atoms with Crippen molar-refractivity contribution in [3.63, 3.8) is 0 Å². The number of rotatable bonds is 6. The fourth-order valence-corrected chi connectivity index (χ4v) is 4.16. The molecule has 1 unspecified atom stereocenters. The summed E-state index contributed by atoms with van der Waals surface area (Å²) in [4.78, 5) is 24.4. The standard InChI is InChI=1S/C18H20ClN3O3S/c1-10-7-20-8-15(19)14(10)9-26-18-21-16-6-4-5-13(16)17(22-18)25-12(3)24-11(2)23/h7-8,12H,4-6,9H2,1-3H3. The molecule has 0 aromatic carbocycles. The Bertz CT molecular complexity index is 811. The van der Waals surface area contributed by atoms with Gasteiger partial charge in [0.2, 0.25) is 12.2 Å². The van der Waals surface area contributed by atoms with Crippen molar-refractivity contribution in [3.05, 3.63) is 39.8 Å². The maximum atomic E-state index is 11.1. The van der Waals surface area contributed by atoms with E-state index >= 15 is 0 Å². The molecule has 0 amide bonds. The van der Waals surface area contributed by atoms with Gasteiger partial charge in [-0.05, 0) is 37.3 Å². The van der Waals surface area contributed by atoms with Gasteiger partial charge in [0.05, 0.1) is 10.7 Å². The van der Waals surface area contributed by atoms with Crippen molar-refractivity contribution in [1.29, 1.82) is 0 Å². The van der Waals surface area contributed by atoms with Gasteiger partial charge in [-0.15, -0.1) is 0 Å². The van der Waals surface area contributed by atoms with E-state index in [1.165, 1.54) is 18.7 Å². The van der Waals surface area contributed by atoms with Crippen LogP contribution in [0.15, 0.2) is 17.6 Å². The molecule has 2 aromatic rings. The largest absolute Gasteiger partial charge is 0.437 e. The van der Waals surface area contributed by atoms with E-state index in [4.69, 9.17) is 21.1 Å². The molecule has 0 bridgehead atoms. The van der Waals surface area contributed by atoms with Crippen molar-refractivity contribution in [3.8, 4) is 5.88 Å². The lowest BCUT2D eigenvalue weighted by atomic mass is 10.2. The highest BCUT2D eigenvalue weighted by molar-refractivity contribution is 7.98. The molecule has 6 nitrogen and oxygen atoms in total. The number of pyridine rings is 1. The molecule has 26 heavy (non-hydrogen) atoms. The Balaban J connectivity index is 1.80. The van der Waals surface area contributed by atoms with Gasteiger partial charge in [0, 0.05) is 37.6 Å². The summed E-state index contributed by atoms with van der Waals surface area (Å²) in [7, 11) is 0. The summed E-state index contributed by atoms with van der Waals surface area (Å²) in [5, 5.41) is 1.27. The van der Waals surface area contributed by atoms with E-state index in [1.807, 2.05) is 6.92 Å². The molecule has 138 valence electrons. The Morgan fingerprint density at radius 3 is 2.88 bits per heavy atom. The van der Waals surface area contributed by atoms with Gasteiger partial charge in [0.1, 0.15) is 0 Å². The summed E-state index contributed by atoms with van der Waals surface area (Å²) in [6, 6.07) is 0. The van der Waals surface area contributed by atoms with E-state index in [0.29, 0.717) is 21.8 Å². The first-order valence-electron chi connectivity index (χ1n) is 8.39. The molecule has 3 rings (SSSR count). The van der Waals surface area contributed by atoms with Crippen molar-refractivity contribution in [2.45, 2.75) is 57.2 Å². The van der Waals surface area contributed by atoms with E-state index < -0.39 is 6.29 Å². The molecule has 1 aliphatic carbocycles. The predicted octanol–water partition coefficient (Wildman–Crippen LogP) is 3.90. The third kappa shape index (κ3) is 4.45. The molecule has 2 heterocycles. The number of ether oxygens (including phenoxy) is 2. The molecule has 0 fully saturated rings. The molecule has 2 aromatic heterocycles. The van der Waals surface area contributed by atoms with Gasteiger partial charge in [0.15, 0.2) is 5.16 Å². The zero-order valence-corrected chi connectivity index (χ0v) is 16.5. The summed E-state index contributed by atoms with van der Waals surface area (Å²) in [6.07, 6.45) is 5.54. The first kappa shape index (κ1) is 18.9. The van der Waals surface area contributed by atoms with Crippen molar-refractivity contribution in [2.24, 2.45) is 0 Å². The van der Waals surface area contributed by atoms with Crippen LogP contribution in [0.3, 0.4) is 0 Å². The minimum atomic E-state index is -0.693. The van der Waals surface area contributed by atoms with Crippen molar-refractivity contribution < 1.29 is 14.3 Å². The van der Waals surface area contributed by atoms with E-state index in [0.717, 1.165) is 41.6 Å². The van der Waals surface area contributed by atoms with Crippen LogP contribution in [0, 0.1) is 6.92 Å². The Kier molecular flexibility index (Phi) is 5.98. The van der Waals surface area contributed by atoms with Gasteiger partial charge < -0.3 is 9.47 Å². The number of aryl methyl sites for hydroxylation is 2. The second-order valence-electron chi connectivity index (χ2n) is 6.09. The monoisotopic (exact) mass is 393 g/mol. The van der Waals surface area contributed by atoms with Crippen LogP contribution in [0.4, 0.5) is 0 Å². The molecule has 1 atom stereocenters. The Morgan fingerprint density at radius 1 is 1.35 bits per heavy atom. The average molecular weight is 394 g/mol. The molecule has 0 radical (unpaired) electrons. The SMILES string of the molecule is CC(=O)OC(C)Oc1nc(SCc2c(C)cncc2Cl)nc2c1CCC2. The van der Waals surface area contributed by atoms with Gasteiger partial charge in [-0.1, -0.05) is 23.4 Å². The van der Waals surface area contributed by atoms with Crippen LogP contribution in [0.25, 0.3) is 0 Å². The Morgan fingerprint density at radius 2 is 2.15 bits per heavy atom. The minimum absolute atomic E-state index is 0.388. The van der Waals surface area contributed by atoms with Gasteiger partial charge in [-0.2, -0.15) is 4.98 Å². The predicted molar refractivity (Wildman–Crippen MR) is 99.5 cm³/mol. The van der Waals surface area contributed by atoms with E-state index in [2.05, 4.69) is 15.0 Å². The first-order chi connectivity index (χ1) is 12.4. The van der Waals surface area contributed by atoms with Crippen molar-refractivity contribution in [2.75, 3.05) is 0 Å². The zero-order chi connectivity index (χ0) is 18.7. The van der Waals surface area contributed by atoms with E-state index in [1.54, 1.807) is 19.3 Å². The molecule has 0 spiro atoms. The van der Waals surface area contributed by atoms with Gasteiger partial charge in [-0.3, -0.25) is 9.78 Å². The van der Waals surface area contributed by atoms with E-state index in [-0.39, 0.29) is 5.97 Å². The number of hydrogen-bond donors (Lipinski definition) is 0. The number of esters is 1. The summed E-state index contributed by atoms with van der Waals surface area (Å²) in [5.74, 6) is 0.757. The molecule has 1 aliphatic rings. The third-order valence-corrected chi connectivity index (χ3v) is 5.25. The maximum Gasteiger partial charge on any atom is 0.305 e. The molecular formula is C18H20ClN3O3S. The van der Waals surface area contributed by atoms with Crippen LogP contribution in [-0.4, -0.2) is 27.2 Å². The van der Waals surface area contributed by atoms with Crippen LogP contribution < -0.4 is 4.74 Å². The summed E-state index contributed by atoms with van der Waals surface area (Å²) in [5.41, 5.74) is 4.06. The lowest BCUT2D eigenvalue weighted by Crippen LogP contribution is -2.20. The lowest BCUT2D eigenvalue weighted by molar-refractivity contribution is -0.158. The van der Waals surface area contributed by atoms with Crippen LogP contribution >= 0.6 is 23.4 Å². The van der Waals surface area contributed by atoms with Crippen LogP contribution in [0.1, 0.15) is 42.7 Å². The fraction of sp³-hybridized carbons (Fsp3) is 0.444. The molecule has 0 aliphatic heterocycles. The number of aromatic nitrogens is 3. The van der Waals surface area contributed by atoms with Gasteiger partial charge in [0.25, 0.3) is 0 Å². The van der Waals surface area contributed by atoms with Crippen molar-refractivity contribution in [1.82, 2.24) is 15.0 Å². The number of nitrogens with zero attached hydrogens (tertiary/aromatic N) is 3. The zero-order valence-electron chi connectivity index (χ0n) is 14.9. The molecule has 0 N–H and O–H groups in total. The molecule has 0 saturated heterocycles. The van der Waals surface area contributed by atoms with Gasteiger partial charge in [-0.25, -0.2) is 4.98 Å². The summed E-state index contributed by atoms with van der Waals surface area (Å²) in [6.45, 7) is 5.01. The second kappa shape index (κ2) is 8.22. The number of carbonyl (C=O) groups is 1. The Hall–Kier alpha value is -1.86. The topological polar surface area (TPSA) is 74.2 Å².